The third-order valence-electron chi connectivity index (χ3n) is 4.33. The lowest BCUT2D eigenvalue weighted by molar-refractivity contribution is -0.131. The van der Waals surface area contributed by atoms with Crippen LogP contribution >= 0.6 is 11.6 Å². The zero-order valence-electron chi connectivity index (χ0n) is 11.8. The first-order chi connectivity index (χ1) is 10.1. The van der Waals surface area contributed by atoms with Crippen LogP contribution in [0, 0.1) is 0 Å². The van der Waals surface area contributed by atoms with Gasteiger partial charge in [0.05, 0.1) is 0 Å². The highest BCUT2D eigenvalue weighted by Crippen LogP contribution is 2.30. The fraction of sp³-hybridized carbons (Fsp3) is 0.438. The number of halogens is 1. The summed E-state index contributed by atoms with van der Waals surface area (Å²) in [7, 11) is 0. The van der Waals surface area contributed by atoms with Crippen molar-refractivity contribution in [1.82, 2.24) is 4.90 Å². The minimum absolute atomic E-state index is 0.619. The second kappa shape index (κ2) is 6.08. The SMILES string of the molecule is O=C(O)/C=C/c1ccc(Cl)cc1N1CCN2CCCC2C1. The van der Waals surface area contributed by atoms with Crippen molar-refractivity contribution in [1.29, 1.82) is 0 Å². The first kappa shape index (κ1) is 14.4. The molecule has 0 radical (unpaired) electrons. The molecule has 0 bridgehead atoms. The molecule has 0 saturated carbocycles. The number of hydrogen-bond donors (Lipinski definition) is 1. The Balaban J connectivity index is 1.86. The van der Waals surface area contributed by atoms with Gasteiger partial charge in [0.25, 0.3) is 0 Å². The van der Waals surface area contributed by atoms with E-state index in [1.165, 1.54) is 25.5 Å². The molecule has 2 fully saturated rings. The van der Waals surface area contributed by atoms with Gasteiger partial charge in [-0.15, -0.1) is 0 Å². The van der Waals surface area contributed by atoms with E-state index >= 15 is 0 Å². The summed E-state index contributed by atoms with van der Waals surface area (Å²) < 4.78 is 0. The van der Waals surface area contributed by atoms with Gasteiger partial charge in [-0.3, -0.25) is 4.90 Å². The smallest absolute Gasteiger partial charge is 0.328 e. The minimum atomic E-state index is -0.934. The molecule has 2 aliphatic heterocycles. The first-order valence-electron chi connectivity index (χ1n) is 7.33. The Bertz CT molecular complexity index is 573. The van der Waals surface area contributed by atoms with Gasteiger partial charge in [0.2, 0.25) is 0 Å². The van der Waals surface area contributed by atoms with Crippen molar-refractivity contribution in [2.75, 3.05) is 31.1 Å². The van der Waals surface area contributed by atoms with Crippen molar-refractivity contribution >= 4 is 29.3 Å². The maximum Gasteiger partial charge on any atom is 0.328 e. The standard InChI is InChI=1S/C16H19ClN2O2/c17-13-5-3-12(4-6-16(20)21)15(10-13)19-9-8-18-7-1-2-14(18)11-19/h3-6,10,14H,1-2,7-9,11H2,(H,20,21)/b6-4+. The molecule has 112 valence electrons. The van der Waals surface area contributed by atoms with Crippen LogP contribution in [0.5, 0.6) is 0 Å². The van der Waals surface area contributed by atoms with E-state index in [9.17, 15) is 4.79 Å². The number of hydrogen-bond acceptors (Lipinski definition) is 3. The van der Waals surface area contributed by atoms with E-state index in [1.807, 2.05) is 12.1 Å². The molecule has 0 aliphatic carbocycles. The number of anilines is 1. The number of nitrogens with zero attached hydrogens (tertiary/aromatic N) is 2. The number of benzene rings is 1. The van der Waals surface area contributed by atoms with Crippen LogP contribution in [0.25, 0.3) is 6.08 Å². The van der Waals surface area contributed by atoms with E-state index in [-0.39, 0.29) is 0 Å². The average molecular weight is 307 g/mol. The molecular weight excluding hydrogens is 288 g/mol. The highest BCUT2D eigenvalue weighted by Gasteiger charge is 2.31. The molecule has 0 amide bonds. The monoisotopic (exact) mass is 306 g/mol. The van der Waals surface area contributed by atoms with Crippen molar-refractivity contribution in [3.63, 3.8) is 0 Å². The molecular formula is C16H19ClN2O2. The van der Waals surface area contributed by atoms with Crippen LogP contribution in [0.15, 0.2) is 24.3 Å². The fourth-order valence-electron chi connectivity index (χ4n) is 3.30. The van der Waals surface area contributed by atoms with Gasteiger partial charge in [-0.25, -0.2) is 4.79 Å². The van der Waals surface area contributed by atoms with Gasteiger partial charge in [-0.1, -0.05) is 17.7 Å². The molecule has 0 aromatic heterocycles. The molecule has 2 aliphatic rings. The van der Waals surface area contributed by atoms with Crippen LogP contribution in [0.3, 0.4) is 0 Å². The lowest BCUT2D eigenvalue weighted by Gasteiger charge is -2.39. The van der Waals surface area contributed by atoms with E-state index in [0.717, 1.165) is 30.9 Å². The van der Waals surface area contributed by atoms with Crippen LogP contribution in [0.4, 0.5) is 5.69 Å². The van der Waals surface area contributed by atoms with E-state index in [2.05, 4.69) is 9.80 Å². The summed E-state index contributed by atoms with van der Waals surface area (Å²) in [6.07, 6.45) is 5.35. The molecule has 5 heteroatoms. The van der Waals surface area contributed by atoms with Gasteiger partial charge in [0.15, 0.2) is 0 Å². The molecule has 1 aromatic rings. The summed E-state index contributed by atoms with van der Waals surface area (Å²) in [6.45, 7) is 4.23. The Hall–Kier alpha value is -1.52. The molecule has 2 heterocycles. The lowest BCUT2D eigenvalue weighted by atomic mass is 10.1. The number of rotatable bonds is 3. The molecule has 21 heavy (non-hydrogen) atoms. The molecule has 4 nitrogen and oxygen atoms in total. The van der Waals surface area contributed by atoms with E-state index in [0.29, 0.717) is 11.1 Å². The van der Waals surface area contributed by atoms with Crippen LogP contribution in [-0.4, -0.2) is 48.2 Å². The second-order valence-corrected chi connectivity index (χ2v) is 6.09. The highest BCUT2D eigenvalue weighted by atomic mass is 35.5. The zero-order chi connectivity index (χ0) is 14.8. The predicted octanol–water partition coefficient (Wildman–Crippen LogP) is 2.72. The summed E-state index contributed by atoms with van der Waals surface area (Å²) in [4.78, 5) is 15.6. The van der Waals surface area contributed by atoms with Gasteiger partial charge >= 0.3 is 5.97 Å². The Morgan fingerprint density at radius 1 is 1.33 bits per heavy atom. The number of aliphatic carboxylic acids is 1. The summed E-state index contributed by atoms with van der Waals surface area (Å²) in [5, 5.41) is 9.51. The third kappa shape index (κ3) is 3.22. The number of fused-ring (bicyclic) bond motifs is 1. The summed E-state index contributed by atoms with van der Waals surface area (Å²) in [6, 6.07) is 6.25. The zero-order valence-corrected chi connectivity index (χ0v) is 12.6. The average Bonchev–Trinajstić information content (AvgIpc) is 2.93. The van der Waals surface area contributed by atoms with Gasteiger partial charge in [0, 0.05) is 42.5 Å². The van der Waals surface area contributed by atoms with Crippen LogP contribution < -0.4 is 4.90 Å². The van der Waals surface area contributed by atoms with Crippen molar-refractivity contribution in [2.45, 2.75) is 18.9 Å². The molecule has 1 unspecified atom stereocenters. The molecule has 0 spiro atoms. The molecule has 3 rings (SSSR count). The number of carbonyl (C=O) groups is 1. The Kier molecular flexibility index (Phi) is 4.17. The summed E-state index contributed by atoms with van der Waals surface area (Å²) >= 11 is 6.13. The third-order valence-corrected chi connectivity index (χ3v) is 4.56. The van der Waals surface area contributed by atoms with Gasteiger partial charge in [-0.05, 0) is 43.2 Å². The maximum absolute atomic E-state index is 10.7. The van der Waals surface area contributed by atoms with Crippen LogP contribution in [-0.2, 0) is 4.79 Å². The largest absolute Gasteiger partial charge is 0.478 e. The van der Waals surface area contributed by atoms with E-state index in [4.69, 9.17) is 16.7 Å². The molecule has 2 saturated heterocycles. The fourth-order valence-corrected chi connectivity index (χ4v) is 3.47. The van der Waals surface area contributed by atoms with Crippen LogP contribution in [0.1, 0.15) is 18.4 Å². The van der Waals surface area contributed by atoms with E-state index < -0.39 is 5.97 Å². The van der Waals surface area contributed by atoms with Gasteiger partial charge in [-0.2, -0.15) is 0 Å². The van der Waals surface area contributed by atoms with Crippen LogP contribution in [0.2, 0.25) is 5.02 Å². The summed E-state index contributed by atoms with van der Waals surface area (Å²) in [5.74, 6) is -0.934. The van der Waals surface area contributed by atoms with Crippen molar-refractivity contribution < 1.29 is 9.90 Å². The minimum Gasteiger partial charge on any atom is -0.478 e. The number of piperazine rings is 1. The van der Waals surface area contributed by atoms with Crippen molar-refractivity contribution in [2.24, 2.45) is 0 Å². The first-order valence-corrected chi connectivity index (χ1v) is 7.71. The topological polar surface area (TPSA) is 43.8 Å². The maximum atomic E-state index is 10.7. The predicted molar refractivity (Wildman–Crippen MR) is 84.9 cm³/mol. The highest BCUT2D eigenvalue weighted by molar-refractivity contribution is 6.31. The Morgan fingerprint density at radius 2 is 2.19 bits per heavy atom. The number of carboxylic acid groups (broad SMARTS) is 1. The van der Waals surface area contributed by atoms with E-state index in [1.54, 1.807) is 12.1 Å². The van der Waals surface area contributed by atoms with Gasteiger partial charge in [0.1, 0.15) is 0 Å². The van der Waals surface area contributed by atoms with Gasteiger partial charge < -0.3 is 10.0 Å². The molecule has 1 aromatic carbocycles. The van der Waals surface area contributed by atoms with Crippen molar-refractivity contribution in [3.05, 3.63) is 34.9 Å². The molecule has 1 atom stereocenters. The Morgan fingerprint density at radius 3 is 3.00 bits per heavy atom. The normalized spacial score (nSPS) is 22.7. The second-order valence-electron chi connectivity index (χ2n) is 5.65. The Labute approximate surface area is 129 Å². The summed E-state index contributed by atoms with van der Waals surface area (Å²) in [5.41, 5.74) is 1.94. The number of carboxylic acids is 1. The van der Waals surface area contributed by atoms with Crippen molar-refractivity contribution in [3.8, 4) is 0 Å². The molecule has 1 N–H and O–H groups in total. The lowest BCUT2D eigenvalue weighted by Crippen LogP contribution is -2.50. The quantitative estimate of drug-likeness (QED) is 0.872.